The van der Waals surface area contributed by atoms with Crippen molar-refractivity contribution in [3.8, 4) is 0 Å². The summed E-state index contributed by atoms with van der Waals surface area (Å²) in [6.07, 6.45) is 1.31. The number of halogens is 2. The smallest absolute Gasteiger partial charge is 0.146 e. The third-order valence-corrected chi connectivity index (χ3v) is 3.75. The zero-order valence-electron chi connectivity index (χ0n) is 9.33. The molecule has 0 saturated heterocycles. The van der Waals surface area contributed by atoms with Crippen LogP contribution in [0.25, 0.3) is 0 Å². The fourth-order valence-electron chi connectivity index (χ4n) is 0.883. The number of rotatable bonds is 2. The summed E-state index contributed by atoms with van der Waals surface area (Å²) in [4.78, 5) is 0. The van der Waals surface area contributed by atoms with Gasteiger partial charge in [0.15, 0.2) is 0 Å². The molecule has 0 unspecified atom stereocenters. The molecule has 1 atom stereocenters. The van der Waals surface area contributed by atoms with Crippen LogP contribution >= 0.6 is 15.9 Å². The van der Waals surface area contributed by atoms with Gasteiger partial charge in [0.25, 0.3) is 0 Å². The second-order valence-electron chi connectivity index (χ2n) is 4.24. The van der Waals surface area contributed by atoms with E-state index in [4.69, 9.17) is 0 Å². The maximum atomic E-state index is 13.5. The standard InChI is InChI=1S/C11H13BrFNOS/c1-11(2,3)16(15)14-7-8-5-4-6-9(12)10(8)13/h4-7H,1-3H3/b14-7+/t16-/m1/s1. The predicted octanol–water partition coefficient (Wildman–Crippen LogP) is 3.47. The van der Waals surface area contributed by atoms with Crippen LogP contribution in [0.5, 0.6) is 0 Å². The second-order valence-corrected chi connectivity index (χ2v) is 7.03. The van der Waals surface area contributed by atoms with Gasteiger partial charge in [0.05, 0.1) is 9.22 Å². The second kappa shape index (κ2) is 5.19. The maximum absolute atomic E-state index is 13.5. The average molecular weight is 306 g/mol. The number of benzene rings is 1. The first kappa shape index (κ1) is 13.5. The minimum atomic E-state index is -1.37. The molecule has 0 heterocycles. The highest BCUT2D eigenvalue weighted by Crippen LogP contribution is 2.18. The summed E-state index contributed by atoms with van der Waals surface area (Å²) in [7, 11) is -1.37. The molecule has 1 aromatic rings. The lowest BCUT2D eigenvalue weighted by Crippen LogP contribution is -2.19. The molecular weight excluding hydrogens is 293 g/mol. The first-order valence-electron chi connectivity index (χ1n) is 4.72. The predicted molar refractivity (Wildman–Crippen MR) is 69.6 cm³/mol. The number of nitrogens with zero attached hydrogens (tertiary/aromatic N) is 1. The third-order valence-electron chi connectivity index (χ3n) is 1.79. The van der Waals surface area contributed by atoms with E-state index in [1.807, 2.05) is 20.8 Å². The van der Waals surface area contributed by atoms with Gasteiger partial charge >= 0.3 is 0 Å². The van der Waals surface area contributed by atoms with E-state index in [-0.39, 0.29) is 0 Å². The molecule has 0 aliphatic carbocycles. The minimum Gasteiger partial charge on any atom is -0.234 e. The molecule has 1 rings (SSSR count). The van der Waals surface area contributed by atoms with Crippen LogP contribution in [0.2, 0.25) is 0 Å². The van der Waals surface area contributed by atoms with Crippen LogP contribution in [0.3, 0.4) is 0 Å². The molecule has 1 aromatic carbocycles. The van der Waals surface area contributed by atoms with Crippen molar-refractivity contribution >= 4 is 33.1 Å². The highest BCUT2D eigenvalue weighted by molar-refractivity contribution is 9.10. The first-order chi connectivity index (χ1) is 7.32. The molecule has 2 nitrogen and oxygen atoms in total. The Bertz CT molecular complexity index is 440. The molecule has 0 amide bonds. The van der Waals surface area contributed by atoms with Gasteiger partial charge in [-0.3, -0.25) is 0 Å². The fourth-order valence-corrected chi connectivity index (χ4v) is 1.79. The quantitative estimate of drug-likeness (QED) is 0.769. The van der Waals surface area contributed by atoms with Crippen molar-refractivity contribution in [3.05, 3.63) is 34.1 Å². The Balaban J connectivity index is 2.94. The number of hydrogen-bond acceptors (Lipinski definition) is 1. The topological polar surface area (TPSA) is 29.4 Å². The Hall–Kier alpha value is -0.550. The Morgan fingerprint density at radius 2 is 2.06 bits per heavy atom. The minimum absolute atomic E-state index is 0.326. The third kappa shape index (κ3) is 3.49. The van der Waals surface area contributed by atoms with E-state index < -0.39 is 21.5 Å². The van der Waals surface area contributed by atoms with Gasteiger partial charge in [-0.05, 0) is 42.8 Å². The molecular formula is C11H13BrFNOS. The fraction of sp³-hybridized carbons (Fsp3) is 0.364. The molecule has 0 fully saturated rings. The van der Waals surface area contributed by atoms with Crippen molar-refractivity contribution in [2.45, 2.75) is 25.5 Å². The van der Waals surface area contributed by atoms with Crippen LogP contribution in [0.1, 0.15) is 26.3 Å². The van der Waals surface area contributed by atoms with Gasteiger partial charge in [-0.15, -0.1) is 0 Å². The largest absolute Gasteiger partial charge is 0.234 e. The van der Waals surface area contributed by atoms with E-state index in [2.05, 4.69) is 20.3 Å². The lowest BCUT2D eigenvalue weighted by molar-refractivity contribution is 0.619. The van der Waals surface area contributed by atoms with Gasteiger partial charge in [-0.2, -0.15) is 4.40 Å². The van der Waals surface area contributed by atoms with E-state index in [9.17, 15) is 8.60 Å². The van der Waals surface area contributed by atoms with Crippen LogP contribution in [-0.4, -0.2) is 15.2 Å². The molecule has 0 aliphatic rings. The molecule has 5 heteroatoms. The van der Waals surface area contributed by atoms with Gasteiger partial charge in [0, 0.05) is 11.8 Å². The Labute approximate surface area is 106 Å². The van der Waals surface area contributed by atoms with Gasteiger partial charge in [0.2, 0.25) is 0 Å². The molecule has 0 radical (unpaired) electrons. The lowest BCUT2D eigenvalue weighted by Gasteiger charge is -2.12. The van der Waals surface area contributed by atoms with Crippen LogP contribution < -0.4 is 0 Å². The van der Waals surface area contributed by atoms with E-state index in [1.54, 1.807) is 18.2 Å². The lowest BCUT2D eigenvalue weighted by atomic mass is 10.2. The van der Waals surface area contributed by atoms with Gasteiger partial charge in [0.1, 0.15) is 16.8 Å². The molecule has 0 aliphatic heterocycles. The van der Waals surface area contributed by atoms with Crippen LogP contribution in [0.15, 0.2) is 27.1 Å². The number of hydrogen-bond donors (Lipinski definition) is 0. The summed E-state index contributed by atoms with van der Waals surface area (Å²) < 4.78 is 28.9. The van der Waals surface area contributed by atoms with Crippen molar-refractivity contribution in [1.29, 1.82) is 0 Å². The molecule has 16 heavy (non-hydrogen) atoms. The van der Waals surface area contributed by atoms with Crippen molar-refractivity contribution in [2.75, 3.05) is 0 Å². The highest BCUT2D eigenvalue weighted by atomic mass is 79.9. The van der Waals surface area contributed by atoms with E-state index >= 15 is 0 Å². The van der Waals surface area contributed by atoms with Crippen molar-refractivity contribution in [1.82, 2.24) is 0 Å². The zero-order valence-corrected chi connectivity index (χ0v) is 11.7. The van der Waals surface area contributed by atoms with E-state index in [1.165, 1.54) is 6.21 Å². The summed E-state index contributed by atoms with van der Waals surface area (Å²) in [6.45, 7) is 5.45. The zero-order chi connectivity index (χ0) is 12.3. The van der Waals surface area contributed by atoms with E-state index in [0.29, 0.717) is 10.0 Å². The Kier molecular flexibility index (Phi) is 4.38. The molecule has 0 aromatic heterocycles. The molecule has 0 bridgehead atoms. The maximum Gasteiger partial charge on any atom is 0.146 e. The summed E-state index contributed by atoms with van der Waals surface area (Å²) in [5, 5.41) is 0. The summed E-state index contributed by atoms with van der Waals surface area (Å²) >= 11 is 3.08. The van der Waals surface area contributed by atoms with Gasteiger partial charge in [-0.1, -0.05) is 12.1 Å². The average Bonchev–Trinajstić information content (AvgIpc) is 2.18. The molecule has 0 spiro atoms. The first-order valence-corrected chi connectivity index (χ1v) is 6.62. The highest BCUT2D eigenvalue weighted by Gasteiger charge is 2.18. The van der Waals surface area contributed by atoms with Crippen LogP contribution in [0, 0.1) is 5.82 Å². The van der Waals surface area contributed by atoms with Crippen molar-refractivity contribution in [3.63, 3.8) is 0 Å². The van der Waals surface area contributed by atoms with Gasteiger partial charge < -0.3 is 0 Å². The van der Waals surface area contributed by atoms with Gasteiger partial charge in [-0.25, -0.2) is 8.60 Å². The molecule has 0 saturated carbocycles. The summed E-state index contributed by atoms with van der Waals surface area (Å²) in [6, 6.07) is 4.89. The van der Waals surface area contributed by atoms with E-state index in [0.717, 1.165) is 0 Å². The summed E-state index contributed by atoms with van der Waals surface area (Å²) in [5.41, 5.74) is 0.326. The normalized spacial score (nSPS) is 14.3. The van der Waals surface area contributed by atoms with Crippen molar-refractivity contribution in [2.24, 2.45) is 4.40 Å². The Morgan fingerprint density at radius 3 is 2.62 bits per heavy atom. The molecule has 88 valence electrons. The Morgan fingerprint density at radius 1 is 1.44 bits per heavy atom. The SMILES string of the molecule is CC(C)(C)[S@@](=O)/N=C/c1cccc(Br)c1F. The van der Waals surface area contributed by atoms with Crippen LogP contribution in [0.4, 0.5) is 4.39 Å². The summed E-state index contributed by atoms with van der Waals surface area (Å²) in [5.74, 6) is -0.392. The van der Waals surface area contributed by atoms with Crippen LogP contribution in [-0.2, 0) is 11.0 Å². The van der Waals surface area contributed by atoms with Crippen molar-refractivity contribution < 1.29 is 8.60 Å². The monoisotopic (exact) mass is 305 g/mol. The molecule has 0 N–H and O–H groups in total.